The molecule has 7 rings (SSSR count). The molecule has 1 saturated heterocycles. The van der Waals surface area contributed by atoms with Crippen molar-refractivity contribution in [2.45, 2.75) is 148 Å². The number of aromatic nitrogens is 1. The summed E-state index contributed by atoms with van der Waals surface area (Å²) in [5.74, 6) is -3.68. The second kappa shape index (κ2) is 18.1. The van der Waals surface area contributed by atoms with Crippen LogP contribution in [-0.4, -0.2) is 117 Å². The molecule has 1 aromatic carbocycles. The van der Waals surface area contributed by atoms with E-state index < -0.39 is 93.7 Å². The summed E-state index contributed by atoms with van der Waals surface area (Å²) in [6, 6.07) is 9.74. The molecule has 4 N–H and O–H groups in total. The van der Waals surface area contributed by atoms with Crippen molar-refractivity contribution in [1.82, 2.24) is 15.2 Å². The van der Waals surface area contributed by atoms with Crippen LogP contribution in [0.5, 0.6) is 0 Å². The van der Waals surface area contributed by atoms with Crippen molar-refractivity contribution in [1.29, 1.82) is 0 Å². The fourth-order valence-corrected chi connectivity index (χ4v) is 11.2. The van der Waals surface area contributed by atoms with Crippen molar-refractivity contribution in [3.8, 4) is 0 Å². The second-order valence-corrected chi connectivity index (χ2v) is 20.3. The molecule has 0 spiro atoms. The maximum atomic E-state index is 14.0. The van der Waals surface area contributed by atoms with E-state index in [9.17, 15) is 33.8 Å². The first kappa shape index (κ1) is 49.0. The Kier molecular flexibility index (Phi) is 13.8. The van der Waals surface area contributed by atoms with E-state index in [0.29, 0.717) is 24.9 Å². The van der Waals surface area contributed by atoms with Gasteiger partial charge in [0.15, 0.2) is 12.4 Å². The number of alkyl carbamates (subject to hydrolysis) is 1. The topological polar surface area (TPSA) is 203 Å². The molecule has 2 aromatic rings. The third-order valence-corrected chi connectivity index (χ3v) is 14.4. The summed E-state index contributed by atoms with van der Waals surface area (Å²) in [5, 5.41) is 33.9. The summed E-state index contributed by atoms with van der Waals surface area (Å²) >= 11 is 0. The van der Waals surface area contributed by atoms with Crippen LogP contribution in [0.2, 0.25) is 0 Å². The Labute approximate surface area is 375 Å². The van der Waals surface area contributed by atoms with Crippen molar-refractivity contribution >= 4 is 24.0 Å². The Morgan fingerprint density at radius 2 is 1.69 bits per heavy atom. The van der Waals surface area contributed by atoms with Crippen molar-refractivity contribution in [2.24, 2.45) is 28.6 Å². The lowest BCUT2D eigenvalue weighted by Crippen LogP contribution is -2.76. The number of aliphatic carboxylic acids is 1. The molecule has 352 valence electrons. The Balaban J connectivity index is 0.000000273. The van der Waals surface area contributed by atoms with E-state index in [-0.39, 0.29) is 23.9 Å². The second-order valence-electron chi connectivity index (χ2n) is 20.3. The van der Waals surface area contributed by atoms with Crippen LogP contribution in [0, 0.1) is 34.4 Å². The monoisotopic (exact) mass is 895 g/mol. The number of halogens is 1. The molecule has 1 aromatic heterocycles. The van der Waals surface area contributed by atoms with Crippen LogP contribution in [0.3, 0.4) is 0 Å². The normalized spacial score (nSPS) is 33.5. The minimum absolute atomic E-state index is 0.0120. The van der Waals surface area contributed by atoms with Gasteiger partial charge in [-0.15, -0.1) is 0 Å². The number of esters is 2. The number of benzene rings is 1. The molecule has 0 unspecified atom stereocenters. The van der Waals surface area contributed by atoms with E-state index in [2.05, 4.69) is 49.8 Å². The number of hydrogen-bond donors (Lipinski definition) is 4. The molecule has 16 heteroatoms. The van der Waals surface area contributed by atoms with Crippen molar-refractivity contribution in [3.05, 3.63) is 76.9 Å². The maximum Gasteiger partial charge on any atom is 0.408 e. The van der Waals surface area contributed by atoms with Gasteiger partial charge in [-0.3, -0.25) is 9.78 Å². The number of aliphatic hydroxyl groups excluding tert-OH is 1. The van der Waals surface area contributed by atoms with Crippen LogP contribution >= 0.6 is 0 Å². The molecule has 4 fully saturated rings. The molecule has 0 radical (unpaired) electrons. The first-order valence-electron chi connectivity index (χ1n) is 22.1. The zero-order valence-corrected chi connectivity index (χ0v) is 38.8. The van der Waals surface area contributed by atoms with Crippen LogP contribution < -0.4 is 5.32 Å². The number of carboxylic acid groups (broad SMARTS) is 1. The predicted molar refractivity (Wildman–Crippen MR) is 231 cm³/mol. The highest BCUT2D eigenvalue weighted by molar-refractivity contribution is 5.89. The summed E-state index contributed by atoms with van der Waals surface area (Å²) in [6.45, 7) is 17.5. The first-order valence-corrected chi connectivity index (χ1v) is 22.1. The molecule has 12 atom stereocenters. The molecule has 64 heavy (non-hydrogen) atoms. The molecule has 2 bridgehead atoms. The van der Waals surface area contributed by atoms with E-state index in [1.165, 1.54) is 24.8 Å². The maximum absolute atomic E-state index is 14.0. The first-order chi connectivity index (χ1) is 29.8. The lowest BCUT2D eigenvalue weighted by molar-refractivity contribution is -0.296. The number of amides is 1. The molecule has 4 aliphatic carbocycles. The third-order valence-electron chi connectivity index (χ3n) is 14.4. The van der Waals surface area contributed by atoms with E-state index >= 15 is 0 Å². The third kappa shape index (κ3) is 9.05. The Bertz CT molecular complexity index is 2110. The van der Waals surface area contributed by atoms with Gasteiger partial charge < -0.3 is 49.2 Å². The van der Waals surface area contributed by atoms with Crippen LogP contribution in [-0.2, 0) is 33.3 Å². The average molecular weight is 896 g/mol. The highest BCUT2D eigenvalue weighted by Crippen LogP contribution is 2.69. The van der Waals surface area contributed by atoms with Gasteiger partial charge in [-0.05, 0) is 116 Å². The molecule has 2 heterocycles. The van der Waals surface area contributed by atoms with Gasteiger partial charge in [0, 0.05) is 36.4 Å². The lowest BCUT2D eigenvalue weighted by atomic mass is 9.41. The summed E-state index contributed by atoms with van der Waals surface area (Å²) in [5.41, 5.74) is -2.36. The number of aliphatic hydroxyl groups is 2. The van der Waals surface area contributed by atoms with Gasteiger partial charge in [-0.25, -0.2) is 18.8 Å². The van der Waals surface area contributed by atoms with Crippen molar-refractivity contribution < 1.29 is 62.6 Å². The van der Waals surface area contributed by atoms with Gasteiger partial charge in [0.1, 0.15) is 46.6 Å². The highest BCUT2D eigenvalue weighted by Gasteiger charge is 2.76. The minimum atomic E-state index is -2.07. The van der Waals surface area contributed by atoms with Crippen molar-refractivity contribution in [3.63, 3.8) is 0 Å². The van der Waals surface area contributed by atoms with Crippen LogP contribution in [0.1, 0.15) is 117 Å². The number of likely N-dealkylation sites (N-methyl/N-ethyl adjacent to an activating group) is 1. The molecular formula is C48H66FN3O12. The van der Waals surface area contributed by atoms with Gasteiger partial charge >= 0.3 is 24.0 Å². The van der Waals surface area contributed by atoms with Crippen LogP contribution in [0.25, 0.3) is 0 Å². The molecule has 3 saturated carbocycles. The minimum Gasteiger partial charge on any atom is -0.479 e. The fraction of sp³-hybridized carbons (Fsp3) is 0.646. The van der Waals surface area contributed by atoms with E-state index in [1.807, 2.05) is 32.3 Å². The van der Waals surface area contributed by atoms with Gasteiger partial charge in [0.05, 0.1) is 11.7 Å². The number of hydrogen-bond acceptors (Lipinski definition) is 13. The standard InChI is InChI=1S/C35H49NO7.C13H17FN2O5/c1-20-18-35(39)30(42-31(38)23-12-10-9-11-13-23)28-33(6,16-14-24-15-17-34(24,28)43-22(3)37)29-27(26(21(20)2)32(35,4)5)40-25(41-29)19-36(7)8;1-13(2,3)21-12(20)16-9(10(17)11(18)19)8-7(14)5-4-6-15-8/h9-13,20,24-25,27-30,39H,14-19H2,1-8H3;4-6,9-10,17H,1-3H3,(H,16,20)(H,18,19)/t20-,24-,25+,27+,28-,29+,30-,33+,34-,35+;9-,10+/m00/s1. The smallest absolute Gasteiger partial charge is 0.408 e. The highest BCUT2D eigenvalue weighted by atomic mass is 19.1. The summed E-state index contributed by atoms with van der Waals surface area (Å²) < 4.78 is 45.5. The van der Waals surface area contributed by atoms with E-state index in [0.717, 1.165) is 30.9 Å². The van der Waals surface area contributed by atoms with Crippen molar-refractivity contribution in [2.75, 3.05) is 20.6 Å². The van der Waals surface area contributed by atoms with Gasteiger partial charge in [-0.2, -0.15) is 0 Å². The summed E-state index contributed by atoms with van der Waals surface area (Å²) in [4.78, 5) is 55.1. The predicted octanol–water partition coefficient (Wildman–Crippen LogP) is 6.37. The number of rotatable bonds is 9. The molecule has 1 amide bonds. The Hall–Kier alpha value is -4.48. The average Bonchev–Trinajstić information content (AvgIpc) is 3.59. The lowest BCUT2D eigenvalue weighted by Gasteiger charge is -2.68. The fourth-order valence-electron chi connectivity index (χ4n) is 11.2. The number of pyridine rings is 1. The quantitative estimate of drug-likeness (QED) is 0.123. The number of carbonyl (C=O) groups is 4. The molecule has 1 aliphatic heterocycles. The van der Waals surface area contributed by atoms with Gasteiger partial charge in [-0.1, -0.05) is 51.5 Å². The van der Waals surface area contributed by atoms with E-state index in [1.54, 1.807) is 32.9 Å². The van der Waals surface area contributed by atoms with Crippen LogP contribution in [0.4, 0.5) is 9.18 Å². The number of carbonyl (C=O) groups excluding carboxylic acids is 3. The Morgan fingerprint density at radius 1 is 1.03 bits per heavy atom. The number of fused-ring (bicyclic) bond motifs is 8. The van der Waals surface area contributed by atoms with Crippen LogP contribution in [0.15, 0.2) is 59.8 Å². The molecule has 15 nitrogen and oxygen atoms in total. The largest absolute Gasteiger partial charge is 0.479 e. The summed E-state index contributed by atoms with van der Waals surface area (Å²) in [6.07, 6.45) is -0.386. The number of nitrogens with one attached hydrogen (secondary N) is 1. The van der Waals surface area contributed by atoms with E-state index in [4.69, 9.17) is 28.8 Å². The van der Waals surface area contributed by atoms with Gasteiger partial charge in [0.25, 0.3) is 0 Å². The van der Waals surface area contributed by atoms with Gasteiger partial charge in [0.2, 0.25) is 0 Å². The zero-order valence-electron chi connectivity index (χ0n) is 38.8. The number of ether oxygens (including phenoxy) is 5. The molecular weight excluding hydrogens is 830 g/mol. The SMILES string of the molecule is CC(=O)O[C@@]12CC[C@@H]1CC[C@@]1(C)[C@@H]3O[C@H](CN(C)C)O[C@@H]3C3=C(C)[C@@H](C)C[C@@](O)([C@@H](OC(=O)c4ccccc4)[C@@H]12)C3(C)C.CC(C)(C)OC(=O)N[C@@H](c1ncccc1F)[C@@H](O)C(=O)O. The summed E-state index contributed by atoms with van der Waals surface area (Å²) in [7, 11) is 4.00. The number of nitrogens with zero attached hydrogens (tertiary/aromatic N) is 2. The molecule has 5 aliphatic rings. The zero-order chi connectivity index (χ0) is 47.3. The number of carboxylic acids is 1. The number of allylic oxidation sites excluding steroid dienone is 1. The Morgan fingerprint density at radius 3 is 2.25 bits per heavy atom.